The average molecular weight is 457 g/mol. The number of benzene rings is 2. The molecule has 0 bridgehead atoms. The van der Waals surface area contributed by atoms with Crippen LogP contribution in [0.1, 0.15) is 36.1 Å². The van der Waals surface area contributed by atoms with Gasteiger partial charge in [-0.05, 0) is 43.5 Å². The first-order valence-electron chi connectivity index (χ1n) is 10.4. The Morgan fingerprint density at radius 2 is 1.88 bits per heavy atom. The van der Waals surface area contributed by atoms with Crippen LogP contribution in [0.3, 0.4) is 0 Å². The van der Waals surface area contributed by atoms with Gasteiger partial charge in [-0.1, -0.05) is 42.4 Å². The monoisotopic (exact) mass is 456 g/mol. The van der Waals surface area contributed by atoms with Crippen molar-refractivity contribution in [3.63, 3.8) is 0 Å². The molecule has 1 atom stereocenters. The van der Waals surface area contributed by atoms with Crippen molar-refractivity contribution in [2.24, 2.45) is 0 Å². The van der Waals surface area contributed by atoms with Gasteiger partial charge in [-0.25, -0.2) is 8.42 Å². The van der Waals surface area contributed by atoms with Crippen LogP contribution in [0.4, 0.5) is 0 Å². The minimum Gasteiger partial charge on any atom is -0.495 e. The number of nitrogens with one attached hydrogen (secondary N) is 1. The Hall–Kier alpha value is -3.13. The number of aryl methyl sites for hydroxylation is 1. The molecule has 1 amide bonds. The Kier molecular flexibility index (Phi) is 7.35. The van der Waals surface area contributed by atoms with Crippen LogP contribution in [0.2, 0.25) is 0 Å². The van der Waals surface area contributed by atoms with Gasteiger partial charge in [0, 0.05) is 24.1 Å². The summed E-state index contributed by atoms with van der Waals surface area (Å²) in [6, 6.07) is 14.6. The van der Waals surface area contributed by atoms with Crippen molar-refractivity contribution < 1.29 is 22.5 Å². The number of nitrogens with zero attached hydrogens (tertiary/aromatic N) is 1. The van der Waals surface area contributed by atoms with Crippen LogP contribution >= 0.6 is 0 Å². The summed E-state index contributed by atoms with van der Waals surface area (Å²) in [5.41, 5.74) is 3.27. The highest BCUT2D eigenvalue weighted by atomic mass is 32.2. The second-order valence-electron chi connectivity index (χ2n) is 7.77. The Morgan fingerprint density at radius 3 is 2.50 bits per heavy atom. The molecule has 1 aromatic heterocycles. The van der Waals surface area contributed by atoms with E-state index in [1.54, 1.807) is 12.1 Å². The predicted octanol–water partition coefficient (Wildman–Crippen LogP) is 4.05. The Bertz CT molecular complexity index is 1190. The maximum atomic E-state index is 13.0. The van der Waals surface area contributed by atoms with Crippen molar-refractivity contribution in [3.05, 3.63) is 65.4 Å². The van der Waals surface area contributed by atoms with E-state index in [9.17, 15) is 13.2 Å². The number of carbonyl (C=O) groups excluding carboxylic acids is 1. The number of carbonyl (C=O) groups is 1. The maximum absolute atomic E-state index is 13.0. The quantitative estimate of drug-likeness (QED) is 0.522. The normalized spacial score (nSPS) is 12.4. The fourth-order valence-electron chi connectivity index (χ4n) is 3.34. The number of ether oxygens (including phenoxy) is 1. The molecule has 3 aromatic rings. The molecule has 1 N–H and O–H groups in total. The molecule has 170 valence electrons. The van der Waals surface area contributed by atoms with Crippen molar-refractivity contribution >= 4 is 15.7 Å². The van der Waals surface area contributed by atoms with Crippen LogP contribution in [0.25, 0.3) is 11.3 Å². The van der Waals surface area contributed by atoms with Gasteiger partial charge in [0.2, 0.25) is 5.91 Å². The number of rotatable bonds is 9. The van der Waals surface area contributed by atoms with Gasteiger partial charge in [0.1, 0.15) is 10.6 Å². The van der Waals surface area contributed by atoms with E-state index in [-0.39, 0.29) is 34.6 Å². The molecular weight excluding hydrogens is 428 g/mol. The average Bonchev–Trinajstić information content (AvgIpc) is 3.14. The Labute approximate surface area is 188 Å². The van der Waals surface area contributed by atoms with Gasteiger partial charge in [0.25, 0.3) is 0 Å². The molecule has 32 heavy (non-hydrogen) atoms. The summed E-state index contributed by atoms with van der Waals surface area (Å²) in [5, 5.41) is 6.76. The third kappa shape index (κ3) is 5.37. The van der Waals surface area contributed by atoms with E-state index in [2.05, 4.69) is 10.5 Å². The summed E-state index contributed by atoms with van der Waals surface area (Å²) in [6.45, 7) is 6.13. The van der Waals surface area contributed by atoms with E-state index >= 15 is 0 Å². The van der Waals surface area contributed by atoms with E-state index in [1.165, 1.54) is 13.2 Å². The molecule has 0 saturated carbocycles. The van der Waals surface area contributed by atoms with E-state index in [4.69, 9.17) is 9.26 Å². The lowest BCUT2D eigenvalue weighted by atomic mass is 10.0. The van der Waals surface area contributed by atoms with Gasteiger partial charge in [0.15, 0.2) is 15.6 Å². The Morgan fingerprint density at radius 1 is 1.16 bits per heavy atom. The van der Waals surface area contributed by atoms with Crippen LogP contribution in [-0.4, -0.2) is 38.9 Å². The van der Waals surface area contributed by atoms with E-state index < -0.39 is 9.84 Å². The summed E-state index contributed by atoms with van der Waals surface area (Å²) >= 11 is 0. The number of amides is 1. The van der Waals surface area contributed by atoms with Crippen LogP contribution in [0.15, 0.2) is 57.9 Å². The first kappa shape index (κ1) is 23.5. The largest absolute Gasteiger partial charge is 0.495 e. The lowest BCUT2D eigenvalue weighted by Gasteiger charge is -2.14. The highest BCUT2D eigenvalue weighted by molar-refractivity contribution is 7.91. The molecule has 0 aliphatic carbocycles. The molecule has 0 radical (unpaired) electrons. The summed E-state index contributed by atoms with van der Waals surface area (Å²) in [7, 11) is -2.36. The number of sulfone groups is 1. The molecule has 2 aromatic carbocycles. The van der Waals surface area contributed by atoms with Crippen molar-refractivity contribution in [1.29, 1.82) is 0 Å². The smallest absolute Gasteiger partial charge is 0.221 e. The van der Waals surface area contributed by atoms with Gasteiger partial charge >= 0.3 is 0 Å². The standard InChI is InChI=1S/C24H28N2O5S/c1-16(19-8-6-5-7-9-19)15-25-23(27)12-13-32(28,29)22-14-20(10-11-21(22)30-4)24-17(2)18(3)26-31-24/h5-11,14,16H,12-13,15H2,1-4H3,(H,25,27)/t16-/m1/s1. The number of aromatic nitrogens is 1. The molecule has 3 rings (SSSR count). The highest BCUT2D eigenvalue weighted by Crippen LogP contribution is 2.33. The zero-order chi connectivity index (χ0) is 23.3. The zero-order valence-corrected chi connectivity index (χ0v) is 19.5. The van der Waals surface area contributed by atoms with Crippen LogP contribution in [0.5, 0.6) is 5.75 Å². The molecule has 1 heterocycles. The molecule has 0 aliphatic rings. The molecular formula is C24H28N2O5S. The molecule has 8 heteroatoms. The summed E-state index contributed by atoms with van der Waals surface area (Å²) < 4.78 is 36.7. The molecule has 0 saturated heterocycles. The van der Waals surface area contributed by atoms with E-state index in [0.717, 1.165) is 16.8 Å². The second-order valence-corrected chi connectivity index (χ2v) is 9.85. The van der Waals surface area contributed by atoms with Crippen LogP contribution < -0.4 is 10.1 Å². The molecule has 0 unspecified atom stereocenters. The lowest BCUT2D eigenvalue weighted by molar-refractivity contribution is -0.120. The van der Waals surface area contributed by atoms with Crippen molar-refractivity contribution in [2.45, 2.75) is 38.0 Å². The fraction of sp³-hybridized carbons (Fsp3) is 0.333. The van der Waals surface area contributed by atoms with Crippen LogP contribution in [-0.2, 0) is 14.6 Å². The minimum atomic E-state index is -3.77. The van der Waals surface area contributed by atoms with Crippen LogP contribution in [0, 0.1) is 13.8 Å². The topological polar surface area (TPSA) is 98.5 Å². The summed E-state index contributed by atoms with van der Waals surface area (Å²) in [4.78, 5) is 12.3. The van der Waals surface area contributed by atoms with Gasteiger partial charge in [-0.3, -0.25) is 4.79 Å². The SMILES string of the molecule is COc1ccc(-c2onc(C)c2C)cc1S(=O)(=O)CCC(=O)NC[C@@H](C)c1ccccc1. The van der Waals surface area contributed by atoms with Crippen molar-refractivity contribution in [1.82, 2.24) is 10.5 Å². The van der Waals surface area contributed by atoms with E-state index in [0.29, 0.717) is 17.9 Å². The lowest BCUT2D eigenvalue weighted by Crippen LogP contribution is -2.29. The molecule has 0 fully saturated rings. The molecule has 0 spiro atoms. The first-order chi connectivity index (χ1) is 15.2. The number of methoxy groups -OCH3 is 1. The van der Waals surface area contributed by atoms with Gasteiger partial charge in [-0.2, -0.15) is 0 Å². The van der Waals surface area contributed by atoms with E-state index in [1.807, 2.05) is 51.1 Å². The minimum absolute atomic E-state index is 0.0245. The fourth-order valence-corrected chi connectivity index (χ4v) is 4.78. The second kappa shape index (κ2) is 9.99. The third-order valence-corrected chi connectivity index (χ3v) is 7.22. The van der Waals surface area contributed by atoms with Gasteiger partial charge < -0.3 is 14.6 Å². The highest BCUT2D eigenvalue weighted by Gasteiger charge is 2.23. The first-order valence-corrected chi connectivity index (χ1v) is 12.0. The van der Waals surface area contributed by atoms with Gasteiger partial charge in [-0.15, -0.1) is 0 Å². The third-order valence-electron chi connectivity index (χ3n) is 5.49. The van der Waals surface area contributed by atoms with Crippen molar-refractivity contribution in [3.8, 4) is 17.1 Å². The summed E-state index contributed by atoms with van der Waals surface area (Å²) in [6.07, 6.45) is -0.141. The maximum Gasteiger partial charge on any atom is 0.221 e. The number of hydrogen-bond acceptors (Lipinski definition) is 6. The number of hydrogen-bond donors (Lipinski definition) is 1. The molecule has 0 aliphatic heterocycles. The van der Waals surface area contributed by atoms with Crippen molar-refractivity contribution in [2.75, 3.05) is 19.4 Å². The summed E-state index contributed by atoms with van der Waals surface area (Å²) in [5.74, 6) is 0.220. The predicted molar refractivity (Wildman–Crippen MR) is 123 cm³/mol. The Balaban J connectivity index is 1.69. The molecule has 7 nitrogen and oxygen atoms in total. The zero-order valence-electron chi connectivity index (χ0n) is 18.7. The van der Waals surface area contributed by atoms with Gasteiger partial charge in [0.05, 0.1) is 18.6 Å².